The molecule has 0 saturated carbocycles. The molecule has 1 aliphatic heterocycles. The SMILES string of the molecule is CS(=O)(=O)N(CC(=O)NCc1ccncc1)C1CCS(=O)(=O)C1. The van der Waals surface area contributed by atoms with E-state index >= 15 is 0 Å². The third-order valence-corrected chi connectivity index (χ3v) is 6.61. The Morgan fingerprint density at radius 3 is 2.57 bits per heavy atom. The molecule has 1 atom stereocenters. The van der Waals surface area contributed by atoms with E-state index in [0.29, 0.717) is 0 Å². The minimum absolute atomic E-state index is 0.0533. The summed E-state index contributed by atoms with van der Waals surface area (Å²) in [5.74, 6) is -0.767. The Kier molecular flexibility index (Phi) is 5.37. The first kappa shape index (κ1) is 17.8. The number of rotatable bonds is 6. The average molecular weight is 361 g/mol. The molecule has 0 radical (unpaired) electrons. The number of nitrogens with one attached hydrogen (secondary N) is 1. The number of carbonyl (C=O) groups is 1. The molecule has 1 N–H and O–H groups in total. The number of sulfonamides is 1. The van der Waals surface area contributed by atoms with Crippen LogP contribution in [0.1, 0.15) is 12.0 Å². The number of aromatic nitrogens is 1. The van der Waals surface area contributed by atoms with Crippen molar-refractivity contribution < 1.29 is 21.6 Å². The van der Waals surface area contributed by atoms with Crippen LogP contribution in [-0.4, -0.2) is 62.4 Å². The van der Waals surface area contributed by atoms with E-state index in [0.717, 1.165) is 16.1 Å². The van der Waals surface area contributed by atoms with Crippen molar-refractivity contribution in [3.05, 3.63) is 30.1 Å². The van der Waals surface area contributed by atoms with Crippen LogP contribution in [0, 0.1) is 0 Å². The predicted octanol–water partition coefficient (Wildman–Crippen LogP) is -0.853. The van der Waals surface area contributed by atoms with Crippen LogP contribution in [0.4, 0.5) is 0 Å². The molecule has 1 amide bonds. The molecule has 1 saturated heterocycles. The third kappa shape index (κ3) is 5.26. The lowest BCUT2D eigenvalue weighted by molar-refractivity contribution is -0.121. The van der Waals surface area contributed by atoms with E-state index in [4.69, 9.17) is 0 Å². The second kappa shape index (κ2) is 6.93. The molecular weight excluding hydrogens is 342 g/mol. The van der Waals surface area contributed by atoms with Gasteiger partial charge in [0, 0.05) is 25.0 Å². The van der Waals surface area contributed by atoms with Gasteiger partial charge in [0.1, 0.15) is 0 Å². The van der Waals surface area contributed by atoms with E-state index in [9.17, 15) is 21.6 Å². The molecule has 0 aromatic carbocycles. The largest absolute Gasteiger partial charge is 0.351 e. The van der Waals surface area contributed by atoms with Crippen LogP contribution in [0.15, 0.2) is 24.5 Å². The smallest absolute Gasteiger partial charge is 0.235 e. The van der Waals surface area contributed by atoms with Crippen molar-refractivity contribution >= 4 is 25.8 Å². The summed E-state index contributed by atoms with van der Waals surface area (Å²) >= 11 is 0. The maximum atomic E-state index is 12.0. The highest BCUT2D eigenvalue weighted by Gasteiger charge is 2.37. The first-order valence-corrected chi connectivity index (χ1v) is 10.7. The summed E-state index contributed by atoms with van der Waals surface area (Å²) in [6.45, 7) is -0.133. The zero-order valence-corrected chi connectivity index (χ0v) is 14.3. The molecule has 1 aromatic rings. The first-order chi connectivity index (χ1) is 10.7. The Morgan fingerprint density at radius 2 is 2.04 bits per heavy atom. The highest BCUT2D eigenvalue weighted by molar-refractivity contribution is 7.92. The fourth-order valence-corrected chi connectivity index (χ4v) is 5.32. The summed E-state index contributed by atoms with van der Waals surface area (Å²) in [5.41, 5.74) is 0.836. The molecule has 1 aliphatic rings. The van der Waals surface area contributed by atoms with Gasteiger partial charge in [0.25, 0.3) is 0 Å². The van der Waals surface area contributed by atoms with Crippen LogP contribution >= 0.6 is 0 Å². The number of hydrogen-bond donors (Lipinski definition) is 1. The second-order valence-corrected chi connectivity index (χ2v) is 9.66. The fourth-order valence-electron chi connectivity index (χ4n) is 2.42. The Balaban J connectivity index is 2.00. The molecule has 23 heavy (non-hydrogen) atoms. The van der Waals surface area contributed by atoms with Gasteiger partial charge in [-0.25, -0.2) is 16.8 Å². The molecule has 128 valence electrons. The van der Waals surface area contributed by atoms with Gasteiger partial charge in [0.2, 0.25) is 15.9 Å². The minimum atomic E-state index is -3.68. The summed E-state index contributed by atoms with van der Waals surface area (Å²) in [6, 6.07) is 2.79. The summed E-state index contributed by atoms with van der Waals surface area (Å²) in [4.78, 5) is 15.9. The van der Waals surface area contributed by atoms with Crippen LogP contribution in [0.25, 0.3) is 0 Å². The van der Waals surface area contributed by atoms with Crippen molar-refractivity contribution in [1.29, 1.82) is 0 Å². The quantitative estimate of drug-likeness (QED) is 0.706. The summed E-state index contributed by atoms with van der Waals surface area (Å²) < 4.78 is 47.8. The Morgan fingerprint density at radius 1 is 1.39 bits per heavy atom. The summed E-state index contributed by atoms with van der Waals surface area (Å²) in [6.07, 6.45) is 4.38. The van der Waals surface area contributed by atoms with E-state index in [1.807, 2.05) is 0 Å². The van der Waals surface area contributed by atoms with Crippen LogP contribution < -0.4 is 5.32 Å². The lowest BCUT2D eigenvalue weighted by Gasteiger charge is -2.24. The van der Waals surface area contributed by atoms with E-state index in [1.54, 1.807) is 24.5 Å². The van der Waals surface area contributed by atoms with Crippen LogP contribution in [-0.2, 0) is 31.2 Å². The summed E-state index contributed by atoms with van der Waals surface area (Å²) in [5, 5.41) is 2.62. The van der Waals surface area contributed by atoms with Crippen molar-refractivity contribution in [1.82, 2.24) is 14.6 Å². The summed E-state index contributed by atoms with van der Waals surface area (Å²) in [7, 11) is -6.92. The van der Waals surface area contributed by atoms with Gasteiger partial charge in [-0.2, -0.15) is 4.31 Å². The van der Waals surface area contributed by atoms with Gasteiger partial charge >= 0.3 is 0 Å². The van der Waals surface area contributed by atoms with E-state index < -0.39 is 31.8 Å². The molecule has 2 rings (SSSR count). The monoisotopic (exact) mass is 361 g/mol. The molecule has 0 bridgehead atoms. The standard InChI is InChI=1S/C13H19N3O5S2/c1-22(18,19)16(12-4-7-23(20,21)10-12)9-13(17)15-8-11-2-5-14-6-3-11/h2-3,5-6,12H,4,7-10H2,1H3,(H,15,17). The molecular formula is C13H19N3O5S2. The fraction of sp³-hybridized carbons (Fsp3) is 0.538. The maximum absolute atomic E-state index is 12.0. The number of nitrogens with zero attached hydrogens (tertiary/aromatic N) is 2. The number of carbonyl (C=O) groups excluding carboxylic acids is 1. The molecule has 0 spiro atoms. The zero-order valence-electron chi connectivity index (χ0n) is 12.7. The average Bonchev–Trinajstić information content (AvgIpc) is 2.82. The van der Waals surface area contributed by atoms with Gasteiger partial charge in [-0.05, 0) is 24.1 Å². The van der Waals surface area contributed by atoms with Crippen LogP contribution in [0.5, 0.6) is 0 Å². The Bertz CT molecular complexity index is 762. The Hall–Kier alpha value is -1.52. The van der Waals surface area contributed by atoms with Gasteiger partial charge in [0.05, 0.1) is 24.3 Å². The van der Waals surface area contributed by atoms with Crippen molar-refractivity contribution in [3.8, 4) is 0 Å². The van der Waals surface area contributed by atoms with E-state index in [-0.39, 0.29) is 31.0 Å². The van der Waals surface area contributed by atoms with Gasteiger partial charge in [-0.3, -0.25) is 9.78 Å². The topological polar surface area (TPSA) is 114 Å². The molecule has 0 aliphatic carbocycles. The lowest BCUT2D eigenvalue weighted by atomic mass is 10.2. The van der Waals surface area contributed by atoms with E-state index in [1.165, 1.54) is 0 Å². The number of sulfone groups is 1. The molecule has 2 heterocycles. The van der Waals surface area contributed by atoms with Gasteiger partial charge in [-0.15, -0.1) is 0 Å². The molecule has 10 heteroatoms. The lowest BCUT2D eigenvalue weighted by Crippen LogP contribution is -2.46. The molecule has 1 aromatic heterocycles. The normalized spacial score (nSPS) is 20.5. The van der Waals surface area contributed by atoms with Crippen molar-refractivity contribution in [3.63, 3.8) is 0 Å². The first-order valence-electron chi connectivity index (χ1n) is 7.00. The molecule has 8 nitrogen and oxygen atoms in total. The van der Waals surface area contributed by atoms with Crippen LogP contribution in [0.3, 0.4) is 0 Å². The van der Waals surface area contributed by atoms with Crippen molar-refractivity contribution in [2.45, 2.75) is 19.0 Å². The predicted molar refractivity (Wildman–Crippen MR) is 84.7 cm³/mol. The highest BCUT2D eigenvalue weighted by Crippen LogP contribution is 2.19. The highest BCUT2D eigenvalue weighted by atomic mass is 32.2. The van der Waals surface area contributed by atoms with Crippen molar-refractivity contribution in [2.24, 2.45) is 0 Å². The van der Waals surface area contributed by atoms with Crippen molar-refractivity contribution in [2.75, 3.05) is 24.3 Å². The minimum Gasteiger partial charge on any atom is -0.351 e. The number of pyridine rings is 1. The van der Waals surface area contributed by atoms with Gasteiger partial charge in [-0.1, -0.05) is 0 Å². The maximum Gasteiger partial charge on any atom is 0.235 e. The zero-order chi connectivity index (χ0) is 17.1. The van der Waals surface area contributed by atoms with Gasteiger partial charge in [0.15, 0.2) is 9.84 Å². The van der Waals surface area contributed by atoms with E-state index in [2.05, 4.69) is 10.3 Å². The van der Waals surface area contributed by atoms with Crippen LogP contribution in [0.2, 0.25) is 0 Å². The Labute approximate surface area is 135 Å². The molecule has 1 fully saturated rings. The third-order valence-electron chi connectivity index (χ3n) is 3.58. The number of hydrogen-bond acceptors (Lipinski definition) is 6. The second-order valence-electron chi connectivity index (χ2n) is 5.50. The van der Waals surface area contributed by atoms with Gasteiger partial charge < -0.3 is 5.32 Å². The molecule has 1 unspecified atom stereocenters. The number of amides is 1.